The van der Waals surface area contributed by atoms with Gasteiger partial charge in [-0.05, 0) is 78.9 Å². The van der Waals surface area contributed by atoms with Crippen molar-refractivity contribution < 1.29 is 0 Å². The van der Waals surface area contributed by atoms with Gasteiger partial charge in [-0.1, -0.05) is 50.3 Å². The van der Waals surface area contributed by atoms with Gasteiger partial charge in [0.1, 0.15) is 17.7 Å². The summed E-state index contributed by atoms with van der Waals surface area (Å²) in [7, 11) is 0. The zero-order valence-electron chi connectivity index (χ0n) is 18.6. The van der Waals surface area contributed by atoms with E-state index in [9.17, 15) is 10.5 Å². The van der Waals surface area contributed by atoms with Crippen molar-refractivity contribution in [3.8, 4) is 12.1 Å². The maximum Gasteiger partial charge on any atom is 0.132 e. The SMILES string of the molecule is CCN(CC)c1ccc(/C=C/C2=CC3=CC(=C(C#N)C#N)CC(C)(C)C3CC2)cc1. The van der Waals surface area contributed by atoms with Gasteiger partial charge in [-0.25, -0.2) is 0 Å². The van der Waals surface area contributed by atoms with E-state index in [1.807, 2.05) is 0 Å². The van der Waals surface area contributed by atoms with Gasteiger partial charge in [0.25, 0.3) is 0 Å². The first kappa shape index (κ1) is 21.7. The summed E-state index contributed by atoms with van der Waals surface area (Å²) in [6.45, 7) is 10.9. The Bertz CT molecular complexity index is 968. The average Bonchev–Trinajstić information content (AvgIpc) is 2.74. The van der Waals surface area contributed by atoms with Crippen molar-refractivity contribution >= 4 is 11.8 Å². The van der Waals surface area contributed by atoms with Gasteiger partial charge in [-0.15, -0.1) is 0 Å². The minimum Gasteiger partial charge on any atom is -0.372 e. The zero-order valence-corrected chi connectivity index (χ0v) is 18.6. The number of nitrogens with zero attached hydrogens (tertiary/aromatic N) is 3. The highest BCUT2D eigenvalue weighted by Gasteiger charge is 2.37. The summed E-state index contributed by atoms with van der Waals surface area (Å²) in [5, 5.41) is 18.6. The number of anilines is 1. The van der Waals surface area contributed by atoms with Crippen molar-refractivity contribution in [3.63, 3.8) is 0 Å². The molecule has 0 aliphatic heterocycles. The van der Waals surface area contributed by atoms with Crippen molar-refractivity contribution in [1.29, 1.82) is 10.5 Å². The molecule has 1 aromatic rings. The molecule has 0 aromatic heterocycles. The molecule has 0 N–H and O–H groups in total. The molecule has 0 radical (unpaired) electrons. The van der Waals surface area contributed by atoms with Crippen LogP contribution in [0.5, 0.6) is 0 Å². The van der Waals surface area contributed by atoms with Gasteiger partial charge in [-0.3, -0.25) is 0 Å². The number of nitriles is 2. The second-order valence-electron chi connectivity index (χ2n) is 8.84. The molecule has 2 aliphatic rings. The molecular formula is C27H31N3. The summed E-state index contributed by atoms with van der Waals surface area (Å²) in [6, 6.07) is 12.9. The fourth-order valence-corrected chi connectivity index (χ4v) is 4.76. The van der Waals surface area contributed by atoms with E-state index < -0.39 is 0 Å². The van der Waals surface area contributed by atoms with E-state index in [4.69, 9.17) is 0 Å². The fraction of sp³-hybridized carbons (Fsp3) is 0.407. The van der Waals surface area contributed by atoms with Crippen LogP contribution < -0.4 is 4.90 Å². The van der Waals surface area contributed by atoms with Crippen LogP contribution >= 0.6 is 0 Å². The molecule has 154 valence electrons. The van der Waals surface area contributed by atoms with Crippen LogP contribution in [0.4, 0.5) is 5.69 Å². The topological polar surface area (TPSA) is 50.8 Å². The quantitative estimate of drug-likeness (QED) is 0.527. The Morgan fingerprint density at radius 1 is 1.07 bits per heavy atom. The van der Waals surface area contributed by atoms with Crippen molar-refractivity contribution in [3.05, 3.63) is 70.3 Å². The van der Waals surface area contributed by atoms with Crippen LogP contribution in [0, 0.1) is 34.0 Å². The number of hydrogen-bond donors (Lipinski definition) is 0. The third-order valence-electron chi connectivity index (χ3n) is 6.46. The van der Waals surface area contributed by atoms with E-state index in [1.54, 1.807) is 0 Å². The molecule has 30 heavy (non-hydrogen) atoms. The average molecular weight is 398 g/mol. The smallest absolute Gasteiger partial charge is 0.132 e. The molecule has 3 nitrogen and oxygen atoms in total. The number of fused-ring (bicyclic) bond motifs is 1. The third-order valence-corrected chi connectivity index (χ3v) is 6.46. The molecule has 0 saturated heterocycles. The lowest BCUT2D eigenvalue weighted by atomic mass is 9.62. The van der Waals surface area contributed by atoms with Crippen LogP contribution in [0.2, 0.25) is 0 Å². The predicted octanol–water partition coefficient (Wildman–Crippen LogP) is 6.58. The normalized spacial score (nSPS) is 19.9. The standard InChI is InChI=1S/C27H31N3/c1-5-30(6-2)25-12-9-20(10-13-25)7-8-21-11-14-26-22(15-21)16-23(17-27(26,3)4)24(18-28)19-29/h7-10,12-13,15-16,26H,5-6,11,14,17H2,1-4H3/b8-7+. The molecule has 3 rings (SSSR count). The lowest BCUT2D eigenvalue weighted by Crippen LogP contribution is -2.31. The molecule has 0 saturated carbocycles. The van der Waals surface area contributed by atoms with Crippen LogP contribution in [-0.4, -0.2) is 13.1 Å². The van der Waals surface area contributed by atoms with E-state index in [1.165, 1.54) is 22.4 Å². The lowest BCUT2D eigenvalue weighted by Gasteiger charge is -2.41. The van der Waals surface area contributed by atoms with Crippen molar-refractivity contribution in [2.45, 2.75) is 47.0 Å². The first-order valence-corrected chi connectivity index (χ1v) is 10.9. The minimum absolute atomic E-state index is 0.0599. The van der Waals surface area contributed by atoms with Crippen molar-refractivity contribution in [2.24, 2.45) is 11.3 Å². The highest BCUT2D eigenvalue weighted by molar-refractivity contribution is 5.59. The summed E-state index contributed by atoms with van der Waals surface area (Å²) in [5.41, 5.74) is 6.21. The second-order valence-corrected chi connectivity index (χ2v) is 8.84. The minimum atomic E-state index is 0.0599. The largest absolute Gasteiger partial charge is 0.372 e. The molecular weight excluding hydrogens is 366 g/mol. The number of rotatable bonds is 5. The van der Waals surface area contributed by atoms with Crippen molar-refractivity contribution in [2.75, 3.05) is 18.0 Å². The van der Waals surface area contributed by atoms with Crippen molar-refractivity contribution in [1.82, 2.24) is 0 Å². The lowest BCUT2D eigenvalue weighted by molar-refractivity contribution is 0.225. The molecule has 0 bridgehead atoms. The maximum atomic E-state index is 9.30. The third kappa shape index (κ3) is 4.58. The van der Waals surface area contributed by atoms with Gasteiger partial charge < -0.3 is 4.90 Å². The van der Waals surface area contributed by atoms with Gasteiger partial charge in [0.2, 0.25) is 0 Å². The van der Waals surface area contributed by atoms with Crippen LogP contribution in [0.3, 0.4) is 0 Å². The Hall–Kier alpha value is -3.04. The van der Waals surface area contributed by atoms with Crippen LogP contribution in [0.1, 0.15) is 52.5 Å². The number of benzene rings is 1. The summed E-state index contributed by atoms with van der Waals surface area (Å²) in [6.07, 6.45) is 11.7. The van der Waals surface area contributed by atoms with Gasteiger partial charge in [0.05, 0.1) is 0 Å². The van der Waals surface area contributed by atoms with E-state index in [0.29, 0.717) is 5.92 Å². The number of hydrogen-bond acceptors (Lipinski definition) is 3. The van der Waals surface area contributed by atoms with Crippen LogP contribution in [0.25, 0.3) is 6.08 Å². The maximum absolute atomic E-state index is 9.30. The predicted molar refractivity (Wildman–Crippen MR) is 125 cm³/mol. The van der Waals surface area contributed by atoms with E-state index in [2.05, 4.69) is 93.3 Å². The fourth-order valence-electron chi connectivity index (χ4n) is 4.76. The van der Waals surface area contributed by atoms with Gasteiger partial charge >= 0.3 is 0 Å². The van der Waals surface area contributed by atoms with Gasteiger partial charge in [0, 0.05) is 18.8 Å². The first-order chi connectivity index (χ1) is 14.4. The number of allylic oxidation sites excluding steroid dienone is 7. The Balaban J connectivity index is 1.84. The van der Waals surface area contributed by atoms with E-state index >= 15 is 0 Å². The Morgan fingerprint density at radius 3 is 2.33 bits per heavy atom. The Kier molecular flexibility index (Phi) is 6.63. The Morgan fingerprint density at radius 2 is 1.73 bits per heavy atom. The molecule has 3 heteroatoms. The summed E-state index contributed by atoms with van der Waals surface area (Å²) in [5.74, 6) is 0.477. The van der Waals surface area contributed by atoms with Gasteiger partial charge in [-0.2, -0.15) is 10.5 Å². The van der Waals surface area contributed by atoms with Gasteiger partial charge in [0.15, 0.2) is 0 Å². The molecule has 1 unspecified atom stereocenters. The molecule has 0 amide bonds. The van der Waals surface area contributed by atoms with Crippen LogP contribution in [0.15, 0.2) is 64.8 Å². The second kappa shape index (κ2) is 9.19. The summed E-state index contributed by atoms with van der Waals surface area (Å²) in [4.78, 5) is 2.34. The zero-order chi connectivity index (χ0) is 21.7. The van der Waals surface area contributed by atoms with E-state index in [-0.39, 0.29) is 11.0 Å². The van der Waals surface area contributed by atoms with E-state index in [0.717, 1.165) is 37.9 Å². The molecule has 0 spiro atoms. The molecule has 1 atom stereocenters. The molecule has 2 aliphatic carbocycles. The monoisotopic (exact) mass is 397 g/mol. The highest BCUT2D eigenvalue weighted by Crippen LogP contribution is 2.49. The molecule has 0 heterocycles. The summed E-state index contributed by atoms with van der Waals surface area (Å²) < 4.78 is 0. The Labute approximate surface area is 181 Å². The summed E-state index contributed by atoms with van der Waals surface area (Å²) >= 11 is 0. The van der Waals surface area contributed by atoms with Crippen LogP contribution in [-0.2, 0) is 0 Å². The first-order valence-electron chi connectivity index (χ1n) is 10.9. The molecule has 1 aromatic carbocycles. The molecule has 0 fully saturated rings. The highest BCUT2D eigenvalue weighted by atomic mass is 15.1.